The molecule has 14 rings (SSSR count). The lowest BCUT2D eigenvalue weighted by Gasteiger charge is -2.48. The number of carbonyl (C=O) groups is 10. The predicted molar refractivity (Wildman–Crippen MR) is 487 cm³/mol. The van der Waals surface area contributed by atoms with Crippen LogP contribution in [0.5, 0.6) is 23.0 Å². The number of amides is 9. The van der Waals surface area contributed by atoms with Crippen LogP contribution in [0.25, 0.3) is 11.0 Å². The Bertz CT molecular complexity index is 5980. The Balaban J connectivity index is 0.616. The summed E-state index contributed by atoms with van der Waals surface area (Å²) >= 11 is 0. The lowest BCUT2D eigenvalue weighted by atomic mass is 9.56. The summed E-state index contributed by atoms with van der Waals surface area (Å²) in [7, 11) is -5.30. The molecule has 2 aromatic heterocycles. The van der Waals surface area contributed by atoms with E-state index in [9.17, 15) is 72.7 Å². The third-order valence-corrected chi connectivity index (χ3v) is 29.4. The van der Waals surface area contributed by atoms with E-state index < -0.39 is 173 Å². The zero-order chi connectivity index (χ0) is 97.7. The Morgan fingerprint density at radius 3 is 1.99 bits per heavy atom. The highest BCUT2D eigenvalue weighted by molar-refractivity contribution is 7.47. The molecular weight excluding hydrogens is 1770 g/mol. The zero-order valence-corrected chi connectivity index (χ0v) is 77.9. The van der Waals surface area contributed by atoms with E-state index in [1.165, 1.54) is 58.9 Å². The van der Waals surface area contributed by atoms with Crippen LogP contribution >= 0.6 is 7.82 Å². The van der Waals surface area contributed by atoms with Gasteiger partial charge in [-0.1, -0.05) is 39.8 Å². The number of aliphatic hydroxyl groups is 1. The average Bonchev–Trinajstić information content (AvgIpc) is 1.57. The first-order valence-corrected chi connectivity index (χ1v) is 46.3. The number of carbonyl (C=O) groups excluding carboxylic acids is 10. The smallest absolute Gasteiger partial charge is 0.472 e. The van der Waals surface area contributed by atoms with E-state index >= 15 is 0 Å². The maximum atomic E-state index is 14.7. The number of primary amides is 6. The fourth-order valence-corrected chi connectivity index (χ4v) is 22.2. The van der Waals surface area contributed by atoms with Gasteiger partial charge >= 0.3 is 19.9 Å². The number of phenolic OH excluding ortho intramolecular Hbond substituents is 2. The molecule has 135 heavy (non-hydrogen) atoms. The van der Waals surface area contributed by atoms with Gasteiger partial charge < -0.3 is 109 Å². The van der Waals surface area contributed by atoms with Gasteiger partial charge in [0.25, 0.3) is 5.91 Å². The number of ether oxygens (including phenoxy) is 6. The van der Waals surface area contributed by atoms with Crippen molar-refractivity contribution in [1.29, 1.82) is 0 Å². The van der Waals surface area contributed by atoms with Gasteiger partial charge in [-0.25, -0.2) is 23.8 Å². The van der Waals surface area contributed by atoms with Crippen LogP contribution in [0.15, 0.2) is 129 Å². The van der Waals surface area contributed by atoms with Gasteiger partial charge in [-0.3, -0.25) is 62.4 Å². The first kappa shape index (κ1) is 98.4. The first-order valence-electron chi connectivity index (χ1n) is 44.8. The molecule has 0 radical (unpaired) electrons. The number of allylic oxidation sites excluding steroid dienone is 6. The molecule has 8 aliphatic rings. The molecule has 10 heterocycles. The summed E-state index contributed by atoms with van der Waals surface area (Å²) in [5.41, 5.74) is 37.3. The number of phosphoric acid groups is 1. The van der Waals surface area contributed by atoms with Crippen molar-refractivity contribution >= 4 is 95.3 Å². The molecule has 0 saturated carbocycles. The van der Waals surface area contributed by atoms with E-state index in [0.717, 1.165) is 11.1 Å². The molecule has 4 aromatic carbocycles. The fraction of sp³-hybridized carbons (Fsp3) is 0.505. The van der Waals surface area contributed by atoms with E-state index in [1.54, 1.807) is 31.3 Å². The largest absolute Gasteiger partial charge is 0.508 e. The fourth-order valence-electron chi connectivity index (χ4n) is 21.0. The molecule has 8 bridgehead atoms. The number of aliphatic imine (C=N–C) groups is 3. The molecule has 0 aliphatic carbocycles. The van der Waals surface area contributed by atoms with Gasteiger partial charge in [0, 0.05) is 166 Å². The summed E-state index contributed by atoms with van der Waals surface area (Å²) in [6.45, 7) is 19.7. The number of esters is 1. The number of aliphatic hydroxyl groups excluding tert-OH is 1. The quantitative estimate of drug-likeness (QED) is 0.0117. The van der Waals surface area contributed by atoms with Gasteiger partial charge in [0.15, 0.2) is 11.8 Å². The van der Waals surface area contributed by atoms with Gasteiger partial charge in [-0.2, -0.15) is 0 Å². The minimum Gasteiger partial charge on any atom is -0.508 e. The van der Waals surface area contributed by atoms with Crippen molar-refractivity contribution in [2.24, 2.45) is 94.7 Å². The summed E-state index contributed by atoms with van der Waals surface area (Å²) in [6.07, 6.45) is -4.86. The van der Waals surface area contributed by atoms with Crippen LogP contribution < -0.4 is 60.4 Å². The number of imidazole rings is 1. The Hall–Kier alpha value is -12.6. The molecule has 6 aromatic rings. The lowest BCUT2D eigenvalue weighted by molar-refractivity contribution is -0.124. The van der Waals surface area contributed by atoms with Crippen molar-refractivity contribution in [2.45, 2.75) is 208 Å². The molecule has 42 heteroatoms. The maximum absolute atomic E-state index is 14.7. The van der Waals surface area contributed by atoms with Crippen LogP contribution in [-0.4, -0.2) is 203 Å². The van der Waals surface area contributed by atoms with Crippen LogP contribution in [0.1, 0.15) is 193 Å². The monoisotopic (exact) mass is 1880 g/mol. The van der Waals surface area contributed by atoms with Gasteiger partial charge in [0.1, 0.15) is 53.6 Å². The van der Waals surface area contributed by atoms with Gasteiger partial charge in [0.05, 0.1) is 92.0 Å². The van der Waals surface area contributed by atoms with Crippen LogP contribution in [0, 0.1) is 59.2 Å². The molecule has 2 saturated heterocycles. The number of nitrogens with one attached hydrogen (secondary N) is 4. The number of aromatic hydroxyl groups is 2. The van der Waals surface area contributed by atoms with Gasteiger partial charge in [-0.15, -0.1) is 5.10 Å². The minimum absolute atomic E-state index is 0.0116. The first-order chi connectivity index (χ1) is 63.7. The second-order valence-corrected chi connectivity index (χ2v) is 39.0. The Morgan fingerprint density at radius 1 is 0.696 bits per heavy atom. The second-order valence-electron chi connectivity index (χ2n) is 37.6. The summed E-state index contributed by atoms with van der Waals surface area (Å²) in [5, 5.41) is 53.2. The molecule has 41 nitrogen and oxygen atoms in total. The number of phenols is 2. The van der Waals surface area contributed by atoms with Crippen LogP contribution in [0.3, 0.4) is 0 Å². The van der Waals surface area contributed by atoms with Crippen molar-refractivity contribution in [1.82, 2.24) is 45.8 Å². The molecule has 1 spiro atoms. The Morgan fingerprint density at radius 2 is 1.34 bits per heavy atom. The summed E-state index contributed by atoms with van der Waals surface area (Å²) in [5.74, 6) is -8.55. The van der Waals surface area contributed by atoms with Crippen LogP contribution in [-0.2, 0) is 89.5 Å². The van der Waals surface area contributed by atoms with Crippen molar-refractivity contribution < 1.29 is 110 Å². The van der Waals surface area contributed by atoms with Gasteiger partial charge in [-0.05, 0) is 150 Å². The van der Waals surface area contributed by atoms with E-state index in [0.29, 0.717) is 78.8 Å². The molecule has 20 N–H and O–H groups in total. The van der Waals surface area contributed by atoms with Crippen molar-refractivity contribution in [2.75, 3.05) is 46.1 Å². The third-order valence-electron chi connectivity index (χ3n) is 28.2. The van der Waals surface area contributed by atoms with Crippen molar-refractivity contribution in [3.05, 3.63) is 158 Å². The maximum Gasteiger partial charge on any atom is 0.472 e. The molecular formula is C93H117N18O23P. The molecule has 15 atom stereocenters. The van der Waals surface area contributed by atoms with E-state index in [1.807, 2.05) is 80.5 Å². The second kappa shape index (κ2) is 38.6. The van der Waals surface area contributed by atoms with Crippen LogP contribution in [0.4, 0.5) is 4.79 Å². The number of hydrogen-bond acceptors (Lipinski definition) is 29. The number of aryl methyl sites for hydroxylation is 2. The number of phosphoric ester groups is 1. The topological polar surface area (TPSA) is 632 Å². The highest BCUT2D eigenvalue weighted by Crippen LogP contribution is 2.64. The van der Waals surface area contributed by atoms with Crippen molar-refractivity contribution in [3.63, 3.8) is 0 Å². The van der Waals surface area contributed by atoms with E-state index in [4.69, 9.17) is 86.8 Å². The zero-order valence-electron chi connectivity index (χ0n) is 77.0. The number of alkyl carbamates (subject to hydrolysis) is 1. The number of fused-ring (bicyclic) bond motifs is 13. The van der Waals surface area contributed by atoms with E-state index in [2.05, 4.69) is 36.6 Å². The van der Waals surface area contributed by atoms with E-state index in [-0.39, 0.29) is 151 Å². The normalized spacial score (nSPS) is 27.5. The molecule has 2 fully saturated rings. The third kappa shape index (κ3) is 19.6. The molecule has 1 unspecified atom stereocenters. The van der Waals surface area contributed by atoms with Crippen molar-refractivity contribution in [3.8, 4) is 23.0 Å². The minimum atomic E-state index is -5.30. The SMILES string of the molecule is C/C1=C2/N[C@H]([C@H](CC(N)=O)[C@@]2(C)CCC(=O)NC[C@@H](C)OP(=O)(O)O[C@H]2[C@@H](O)[C@@H](n3cnc4cc(C)c(C)cc43)O[C@@H]2COC(=O)NCCOCCOCCn2cc(CNC(=O)c3ccc4c(c3)C3(OC4=O)c4ccc(O)cc4Oc4cc(O)ccc43)nn2)[C@]2(C)N=C(/C(C)=C3N=C(/C=C4N=C1[C@@H](CCC(N)=O)C\4(C)C)[C@@H](CCC(N)=O)[C@]\3(C)CC(N)=O)[C@@H](CCC(N)=O)[C@]2(C)CC(N)=O. The van der Waals surface area contributed by atoms with Crippen LogP contribution in [0.2, 0.25) is 0 Å². The predicted octanol–water partition coefficient (Wildman–Crippen LogP) is 6.13. The highest BCUT2D eigenvalue weighted by atomic mass is 31.2. The Labute approximate surface area is 777 Å². The molecule has 8 aliphatic heterocycles. The molecule has 9 amide bonds. The highest BCUT2D eigenvalue weighted by Gasteiger charge is 2.67. The summed E-state index contributed by atoms with van der Waals surface area (Å²) in [4.78, 5) is 168. The number of nitrogens with two attached hydrogens (primary N) is 6. The standard InChI is InChI=1S/C93H117N18O23P/c1-46-32-64-65(33-47(46)2)111(45-103-64)85-79(121)80(68(131-85)44-129-87(124)100-26-28-127-30-31-128-29-27-110-43-52(108-109-110)42-102-84(122)51-12-15-55-61(34-51)93(132-86(55)123)57-16-13-53(112)35-66(57)130-67-36-54(113)14-17-58(67)93)134-135(125,126)133-48(3)41-101-76(120)24-25-89(8)62(37-73(97)117)83-92(11)91(10,40-75(99)119)60(20-23-72(96)116)78(107-92)50(5)82-90(9,39-74(98)118)56(18-21-70(94)114)63(104-82)38-69-88(6,7)59(19-22-71(95)115)77(105-69)49(4)81(89)106-83/h12-17,32-36,38,43,45,48,56,59-60,62,68,79-80,83,85,106,112-113,121H,18-31,37,39-42,44H2,1-11H3,(H2,94,114)(H2,95,115)(H2,96,116)(H2,97,117)(H2,98,118)(H2,99,119)(H,100,124)(H,101,120)(H,102,122)(H,125,126)/b69-38-,81-49-,82-50-/t48-,56-,59-,60-,62+,68-,79-,80-,83-,85+,89-,90+,91+,92+/m1/s1. The number of nitrogens with zero attached hydrogens (tertiary/aromatic N) is 8. The average molecular weight is 1890 g/mol. The molecule has 722 valence electrons. The Kier molecular flexibility index (Phi) is 28.1. The number of rotatable bonds is 39. The number of benzene rings is 4. The number of hydrogen-bond donors (Lipinski definition) is 14. The van der Waals surface area contributed by atoms with Gasteiger partial charge in [0.2, 0.25) is 41.4 Å². The summed E-state index contributed by atoms with van der Waals surface area (Å²) in [6, 6.07) is 16.0. The lowest BCUT2D eigenvalue weighted by Crippen LogP contribution is -2.59. The number of aromatic nitrogens is 5. The summed E-state index contributed by atoms with van der Waals surface area (Å²) < 4.78 is 64.4.